The van der Waals surface area contributed by atoms with E-state index < -0.39 is 5.97 Å². The number of hydrogen-bond donors (Lipinski definition) is 2. The third-order valence-corrected chi connectivity index (χ3v) is 3.65. The van der Waals surface area contributed by atoms with E-state index in [0.717, 1.165) is 31.6 Å². The summed E-state index contributed by atoms with van der Waals surface area (Å²) in [5.41, 5.74) is 0. The topological polar surface area (TPSA) is 49.3 Å². The summed E-state index contributed by atoms with van der Waals surface area (Å²) in [5.74, 6) is 0.379. The van der Waals surface area contributed by atoms with E-state index in [-0.39, 0.29) is 6.04 Å². The number of hydrogen-bond acceptors (Lipinski definition) is 3. The molecule has 0 amide bonds. The van der Waals surface area contributed by atoms with Crippen molar-refractivity contribution < 1.29 is 9.90 Å². The summed E-state index contributed by atoms with van der Waals surface area (Å²) < 4.78 is 0. The molecular formula is C10H17NO2S. The van der Waals surface area contributed by atoms with Gasteiger partial charge in [-0.05, 0) is 25.0 Å². The summed E-state index contributed by atoms with van der Waals surface area (Å²) in [6, 6.07) is -0.327. The second kappa shape index (κ2) is 6.09. The first-order valence-corrected chi connectivity index (χ1v) is 5.97. The average Bonchev–Trinajstić information content (AvgIpc) is 2.61. The van der Waals surface area contributed by atoms with Crippen molar-refractivity contribution in [1.29, 1.82) is 0 Å². The Morgan fingerprint density at radius 1 is 1.71 bits per heavy atom. The van der Waals surface area contributed by atoms with Crippen molar-refractivity contribution in [2.24, 2.45) is 0 Å². The Balaban J connectivity index is 2.10. The normalized spacial score (nSPS) is 26.3. The molecule has 1 fully saturated rings. The lowest BCUT2D eigenvalue weighted by Crippen LogP contribution is -2.29. The quantitative estimate of drug-likeness (QED) is 0.521. The first-order valence-electron chi connectivity index (χ1n) is 4.92. The molecule has 0 radical (unpaired) electrons. The van der Waals surface area contributed by atoms with Gasteiger partial charge in [-0.25, -0.2) is 0 Å². The summed E-state index contributed by atoms with van der Waals surface area (Å²) >= 11 is 1.87. The van der Waals surface area contributed by atoms with Gasteiger partial charge in [-0.1, -0.05) is 6.08 Å². The third-order valence-electron chi connectivity index (χ3n) is 2.29. The van der Waals surface area contributed by atoms with Crippen LogP contribution in [0.4, 0.5) is 0 Å². The molecule has 0 aromatic rings. The molecule has 1 aliphatic rings. The Bertz CT molecular complexity index is 208. The number of carboxylic acid groups (broad SMARTS) is 1. The van der Waals surface area contributed by atoms with E-state index in [0.29, 0.717) is 5.25 Å². The number of carbonyl (C=O) groups is 1. The highest BCUT2D eigenvalue weighted by atomic mass is 32.2. The molecule has 80 valence electrons. The molecule has 2 N–H and O–H groups in total. The molecule has 0 spiro atoms. The predicted molar refractivity (Wildman–Crippen MR) is 59.7 cm³/mol. The number of rotatable bonds is 6. The molecule has 1 saturated heterocycles. The highest BCUT2D eigenvalue weighted by Gasteiger charge is 2.28. The summed E-state index contributed by atoms with van der Waals surface area (Å²) in [6.45, 7) is 4.50. The monoisotopic (exact) mass is 215 g/mol. The van der Waals surface area contributed by atoms with Crippen LogP contribution in [0.25, 0.3) is 0 Å². The number of nitrogens with one attached hydrogen (secondary N) is 1. The van der Waals surface area contributed by atoms with Crippen molar-refractivity contribution in [3.63, 3.8) is 0 Å². The first kappa shape index (κ1) is 11.6. The summed E-state index contributed by atoms with van der Waals surface area (Å²) in [6.07, 6.45) is 4.87. The Morgan fingerprint density at radius 3 is 3.07 bits per heavy atom. The predicted octanol–water partition coefficient (Wildman–Crippen LogP) is 1.50. The fourth-order valence-corrected chi connectivity index (χ4v) is 2.71. The molecule has 1 unspecified atom stereocenters. The van der Waals surface area contributed by atoms with Crippen molar-refractivity contribution in [1.82, 2.24) is 5.32 Å². The van der Waals surface area contributed by atoms with Crippen molar-refractivity contribution in [2.75, 3.05) is 12.3 Å². The third kappa shape index (κ3) is 3.72. The molecule has 14 heavy (non-hydrogen) atoms. The number of unbranched alkanes of at least 4 members (excludes halogenated alkanes) is 1. The fraction of sp³-hybridized carbons (Fsp3) is 0.700. The van der Waals surface area contributed by atoms with Gasteiger partial charge in [0.05, 0.1) is 0 Å². The van der Waals surface area contributed by atoms with Gasteiger partial charge in [0.15, 0.2) is 0 Å². The van der Waals surface area contributed by atoms with Crippen LogP contribution in [-0.2, 0) is 4.79 Å². The Hall–Kier alpha value is -0.480. The zero-order valence-electron chi connectivity index (χ0n) is 8.24. The molecule has 4 heteroatoms. The summed E-state index contributed by atoms with van der Waals surface area (Å²) in [7, 11) is 0. The van der Waals surface area contributed by atoms with Crippen LogP contribution in [0.2, 0.25) is 0 Å². The van der Waals surface area contributed by atoms with Crippen molar-refractivity contribution in [3.05, 3.63) is 12.7 Å². The summed E-state index contributed by atoms with van der Waals surface area (Å²) in [4.78, 5) is 10.6. The van der Waals surface area contributed by atoms with Crippen LogP contribution in [-0.4, -0.2) is 34.7 Å². The molecule has 3 nitrogen and oxygen atoms in total. The number of aliphatic carboxylic acids is 1. The van der Waals surface area contributed by atoms with E-state index in [1.54, 1.807) is 0 Å². The molecule has 0 bridgehead atoms. The van der Waals surface area contributed by atoms with E-state index in [1.165, 1.54) is 0 Å². The Kier molecular flexibility index (Phi) is 5.04. The van der Waals surface area contributed by atoms with E-state index >= 15 is 0 Å². The lowest BCUT2D eigenvalue weighted by Gasteiger charge is -2.06. The van der Waals surface area contributed by atoms with Crippen LogP contribution >= 0.6 is 11.8 Å². The van der Waals surface area contributed by atoms with Gasteiger partial charge >= 0.3 is 5.97 Å². The van der Waals surface area contributed by atoms with E-state index in [9.17, 15) is 4.79 Å². The van der Waals surface area contributed by atoms with Gasteiger partial charge in [-0.3, -0.25) is 4.79 Å². The van der Waals surface area contributed by atoms with Crippen molar-refractivity contribution in [3.8, 4) is 0 Å². The summed E-state index contributed by atoms with van der Waals surface area (Å²) in [5, 5.41) is 12.2. The number of carboxylic acids is 1. The van der Waals surface area contributed by atoms with Crippen LogP contribution in [0.5, 0.6) is 0 Å². The molecular weight excluding hydrogens is 198 g/mol. The molecule has 0 aliphatic carbocycles. The van der Waals surface area contributed by atoms with Gasteiger partial charge in [0.1, 0.15) is 6.04 Å². The fourth-order valence-electron chi connectivity index (χ4n) is 1.50. The van der Waals surface area contributed by atoms with Gasteiger partial charge in [0, 0.05) is 11.8 Å². The minimum absolute atomic E-state index is 0.327. The standard InChI is InChI=1S/C10H17NO2S/c1-2-3-4-5-14-8-6-9(10(12)13)11-7-8/h2,8-9,11H,1,3-7H2,(H,12,13)/t8?,9-/m0/s1. The average molecular weight is 215 g/mol. The van der Waals surface area contributed by atoms with Crippen LogP contribution in [0.1, 0.15) is 19.3 Å². The molecule has 0 aromatic carbocycles. The zero-order valence-corrected chi connectivity index (χ0v) is 9.05. The van der Waals surface area contributed by atoms with E-state index in [1.807, 2.05) is 17.8 Å². The highest BCUT2D eigenvalue weighted by Crippen LogP contribution is 2.22. The van der Waals surface area contributed by atoms with Gasteiger partial charge in [-0.15, -0.1) is 6.58 Å². The largest absolute Gasteiger partial charge is 0.480 e. The first-order chi connectivity index (χ1) is 6.74. The Labute approximate surface area is 89.0 Å². The van der Waals surface area contributed by atoms with Gasteiger partial charge in [0.25, 0.3) is 0 Å². The van der Waals surface area contributed by atoms with E-state index in [2.05, 4.69) is 11.9 Å². The number of allylic oxidation sites excluding steroid dienone is 1. The molecule has 0 saturated carbocycles. The molecule has 1 aliphatic heterocycles. The Morgan fingerprint density at radius 2 is 2.50 bits per heavy atom. The molecule has 1 rings (SSSR count). The van der Waals surface area contributed by atoms with Gasteiger partial charge < -0.3 is 10.4 Å². The lowest BCUT2D eigenvalue weighted by molar-refractivity contribution is -0.139. The van der Waals surface area contributed by atoms with Crippen molar-refractivity contribution >= 4 is 17.7 Å². The van der Waals surface area contributed by atoms with Crippen molar-refractivity contribution in [2.45, 2.75) is 30.6 Å². The lowest BCUT2D eigenvalue weighted by atomic mass is 10.2. The maximum Gasteiger partial charge on any atom is 0.320 e. The maximum absolute atomic E-state index is 10.6. The van der Waals surface area contributed by atoms with Gasteiger partial charge in [0.2, 0.25) is 0 Å². The smallest absolute Gasteiger partial charge is 0.320 e. The van der Waals surface area contributed by atoms with Crippen LogP contribution < -0.4 is 5.32 Å². The minimum atomic E-state index is -0.723. The van der Waals surface area contributed by atoms with Crippen LogP contribution in [0, 0.1) is 0 Å². The second-order valence-electron chi connectivity index (χ2n) is 3.46. The number of thioether (sulfide) groups is 1. The van der Waals surface area contributed by atoms with Crippen LogP contribution in [0.3, 0.4) is 0 Å². The van der Waals surface area contributed by atoms with Gasteiger partial charge in [-0.2, -0.15) is 11.8 Å². The minimum Gasteiger partial charge on any atom is -0.480 e. The highest BCUT2D eigenvalue weighted by molar-refractivity contribution is 7.99. The molecule has 2 atom stereocenters. The van der Waals surface area contributed by atoms with Crippen LogP contribution in [0.15, 0.2) is 12.7 Å². The maximum atomic E-state index is 10.6. The zero-order chi connectivity index (χ0) is 10.4. The van der Waals surface area contributed by atoms with E-state index in [4.69, 9.17) is 5.11 Å². The molecule has 1 heterocycles. The second-order valence-corrected chi connectivity index (χ2v) is 4.87. The molecule has 0 aromatic heterocycles. The SMILES string of the molecule is C=CCCCSC1CN[C@H](C(=O)O)C1.